The van der Waals surface area contributed by atoms with Crippen molar-refractivity contribution in [2.75, 3.05) is 20.1 Å². The molecule has 108 valence electrons. The highest BCUT2D eigenvalue weighted by Gasteiger charge is 2.29. The summed E-state index contributed by atoms with van der Waals surface area (Å²) in [5.41, 5.74) is 2.10. The summed E-state index contributed by atoms with van der Waals surface area (Å²) in [4.78, 5) is 11.9. The number of piperidine rings is 1. The van der Waals surface area contributed by atoms with Crippen molar-refractivity contribution >= 4 is 11.2 Å². The molecule has 0 aliphatic carbocycles. The molecular formula is C16H24N4. The molecule has 0 saturated carbocycles. The van der Waals surface area contributed by atoms with Crippen molar-refractivity contribution in [1.82, 2.24) is 19.4 Å². The average Bonchev–Trinajstić information content (AvgIpc) is 2.78. The van der Waals surface area contributed by atoms with Gasteiger partial charge in [0.2, 0.25) is 0 Å². The van der Waals surface area contributed by atoms with E-state index in [4.69, 9.17) is 4.98 Å². The quantitative estimate of drug-likeness (QED) is 0.800. The van der Waals surface area contributed by atoms with Crippen molar-refractivity contribution in [2.45, 2.75) is 45.1 Å². The standard InChI is InChI=1S/C16H24N4/c1-16(2,3)15-18-13-8-5-9-17-14(13)20(15)12-7-6-10-19(4)11-12/h5,8-9,12H,6-7,10-11H2,1-4H3. The second-order valence-electron chi connectivity index (χ2n) is 6.96. The third-order valence-electron chi connectivity index (χ3n) is 4.08. The first-order valence-corrected chi connectivity index (χ1v) is 7.49. The van der Waals surface area contributed by atoms with Gasteiger partial charge in [0.15, 0.2) is 5.65 Å². The minimum absolute atomic E-state index is 0.0384. The highest BCUT2D eigenvalue weighted by atomic mass is 15.2. The van der Waals surface area contributed by atoms with Crippen LogP contribution in [-0.2, 0) is 5.41 Å². The molecule has 1 fully saturated rings. The first-order chi connectivity index (χ1) is 9.47. The number of likely N-dealkylation sites (tertiary alicyclic amines) is 1. The van der Waals surface area contributed by atoms with Crippen LogP contribution >= 0.6 is 0 Å². The van der Waals surface area contributed by atoms with Crippen molar-refractivity contribution < 1.29 is 0 Å². The van der Waals surface area contributed by atoms with Crippen LogP contribution in [0.2, 0.25) is 0 Å². The topological polar surface area (TPSA) is 34.0 Å². The maximum absolute atomic E-state index is 4.87. The van der Waals surface area contributed by atoms with E-state index in [0.29, 0.717) is 6.04 Å². The van der Waals surface area contributed by atoms with E-state index in [1.54, 1.807) is 0 Å². The number of pyridine rings is 1. The summed E-state index contributed by atoms with van der Waals surface area (Å²) in [5.74, 6) is 1.16. The molecule has 1 aliphatic rings. The molecule has 0 aromatic carbocycles. The van der Waals surface area contributed by atoms with Gasteiger partial charge in [-0.25, -0.2) is 9.97 Å². The molecule has 1 saturated heterocycles. The Morgan fingerprint density at radius 1 is 1.30 bits per heavy atom. The van der Waals surface area contributed by atoms with Gasteiger partial charge >= 0.3 is 0 Å². The van der Waals surface area contributed by atoms with Crippen molar-refractivity contribution in [3.63, 3.8) is 0 Å². The van der Waals surface area contributed by atoms with Gasteiger partial charge in [0.1, 0.15) is 11.3 Å². The molecule has 2 aromatic rings. The van der Waals surface area contributed by atoms with Crippen LogP contribution < -0.4 is 0 Å². The van der Waals surface area contributed by atoms with E-state index in [0.717, 1.165) is 23.5 Å². The van der Waals surface area contributed by atoms with E-state index < -0.39 is 0 Å². The number of hydrogen-bond donors (Lipinski definition) is 0. The molecule has 20 heavy (non-hydrogen) atoms. The van der Waals surface area contributed by atoms with Crippen LogP contribution in [0.3, 0.4) is 0 Å². The maximum atomic E-state index is 4.87. The summed E-state index contributed by atoms with van der Waals surface area (Å²) < 4.78 is 2.39. The minimum Gasteiger partial charge on any atom is -0.308 e. The monoisotopic (exact) mass is 272 g/mol. The molecule has 1 unspecified atom stereocenters. The van der Waals surface area contributed by atoms with Crippen LogP contribution in [0.15, 0.2) is 18.3 Å². The summed E-state index contributed by atoms with van der Waals surface area (Å²) >= 11 is 0. The molecular weight excluding hydrogens is 248 g/mol. The Kier molecular flexibility index (Phi) is 3.28. The van der Waals surface area contributed by atoms with Gasteiger partial charge in [-0.2, -0.15) is 0 Å². The SMILES string of the molecule is CN1CCCC(n2c(C(C)(C)C)nc3cccnc32)C1. The van der Waals surface area contributed by atoms with Gasteiger partial charge in [0, 0.05) is 24.2 Å². The fourth-order valence-corrected chi connectivity index (χ4v) is 3.15. The summed E-state index contributed by atoms with van der Waals surface area (Å²) in [6.45, 7) is 8.98. The Bertz CT molecular complexity index is 608. The smallest absolute Gasteiger partial charge is 0.160 e. The molecule has 0 bridgehead atoms. The van der Waals surface area contributed by atoms with Crippen LogP contribution in [0.5, 0.6) is 0 Å². The second-order valence-corrected chi connectivity index (χ2v) is 6.96. The van der Waals surface area contributed by atoms with Crippen molar-refractivity contribution in [1.29, 1.82) is 0 Å². The van der Waals surface area contributed by atoms with Gasteiger partial charge in [0.05, 0.1) is 0 Å². The van der Waals surface area contributed by atoms with E-state index in [1.807, 2.05) is 12.3 Å². The second kappa shape index (κ2) is 4.85. The normalized spacial score (nSPS) is 21.5. The third-order valence-corrected chi connectivity index (χ3v) is 4.08. The van der Waals surface area contributed by atoms with Crippen LogP contribution in [0.1, 0.15) is 45.5 Å². The van der Waals surface area contributed by atoms with Crippen LogP contribution in [0.4, 0.5) is 0 Å². The number of fused-ring (bicyclic) bond motifs is 1. The summed E-state index contributed by atoms with van der Waals surface area (Å²) in [6, 6.07) is 4.53. The van der Waals surface area contributed by atoms with Gasteiger partial charge in [-0.1, -0.05) is 20.8 Å². The van der Waals surface area contributed by atoms with E-state index in [1.165, 1.54) is 19.4 Å². The Balaban J connectivity index is 2.16. The predicted molar refractivity (Wildman–Crippen MR) is 82.0 cm³/mol. The summed E-state index contributed by atoms with van der Waals surface area (Å²) in [7, 11) is 2.20. The lowest BCUT2D eigenvalue weighted by Crippen LogP contribution is -2.35. The molecule has 3 rings (SSSR count). The Labute approximate surface area is 120 Å². The molecule has 0 radical (unpaired) electrons. The summed E-state index contributed by atoms with van der Waals surface area (Å²) in [5, 5.41) is 0. The molecule has 0 spiro atoms. The van der Waals surface area contributed by atoms with Crippen LogP contribution in [-0.4, -0.2) is 39.6 Å². The molecule has 1 atom stereocenters. The third kappa shape index (κ3) is 2.33. The first kappa shape index (κ1) is 13.6. The van der Waals surface area contributed by atoms with Crippen molar-refractivity contribution in [3.8, 4) is 0 Å². The Morgan fingerprint density at radius 2 is 2.10 bits per heavy atom. The maximum Gasteiger partial charge on any atom is 0.160 e. The summed E-state index contributed by atoms with van der Waals surface area (Å²) in [6.07, 6.45) is 4.34. The average molecular weight is 272 g/mol. The molecule has 3 heterocycles. The molecule has 2 aromatic heterocycles. The van der Waals surface area contributed by atoms with Gasteiger partial charge in [-0.3, -0.25) is 0 Å². The number of likely N-dealkylation sites (N-methyl/N-ethyl adjacent to an activating group) is 1. The first-order valence-electron chi connectivity index (χ1n) is 7.49. The van der Waals surface area contributed by atoms with Gasteiger partial charge in [-0.05, 0) is 38.6 Å². The van der Waals surface area contributed by atoms with E-state index in [9.17, 15) is 0 Å². The zero-order valence-corrected chi connectivity index (χ0v) is 12.9. The Hall–Kier alpha value is -1.42. The number of imidazole rings is 1. The van der Waals surface area contributed by atoms with E-state index in [2.05, 4.69) is 48.3 Å². The van der Waals surface area contributed by atoms with E-state index in [-0.39, 0.29) is 5.41 Å². The number of aromatic nitrogens is 3. The fraction of sp³-hybridized carbons (Fsp3) is 0.625. The zero-order valence-electron chi connectivity index (χ0n) is 12.9. The van der Waals surface area contributed by atoms with E-state index >= 15 is 0 Å². The molecule has 0 amide bonds. The fourth-order valence-electron chi connectivity index (χ4n) is 3.15. The minimum atomic E-state index is 0.0384. The Morgan fingerprint density at radius 3 is 2.80 bits per heavy atom. The number of nitrogens with zero attached hydrogens (tertiary/aromatic N) is 4. The van der Waals surface area contributed by atoms with Gasteiger partial charge in [0.25, 0.3) is 0 Å². The van der Waals surface area contributed by atoms with Gasteiger partial charge < -0.3 is 9.47 Å². The molecule has 0 N–H and O–H groups in total. The molecule has 4 nitrogen and oxygen atoms in total. The molecule has 1 aliphatic heterocycles. The lowest BCUT2D eigenvalue weighted by molar-refractivity contribution is 0.208. The highest BCUT2D eigenvalue weighted by molar-refractivity contribution is 5.71. The highest BCUT2D eigenvalue weighted by Crippen LogP contribution is 2.32. The van der Waals surface area contributed by atoms with Crippen LogP contribution in [0.25, 0.3) is 11.2 Å². The largest absolute Gasteiger partial charge is 0.308 e. The van der Waals surface area contributed by atoms with Crippen LogP contribution in [0, 0.1) is 0 Å². The zero-order chi connectivity index (χ0) is 14.3. The lowest BCUT2D eigenvalue weighted by Gasteiger charge is -2.33. The molecule has 4 heteroatoms. The lowest BCUT2D eigenvalue weighted by atomic mass is 9.94. The van der Waals surface area contributed by atoms with Crippen molar-refractivity contribution in [3.05, 3.63) is 24.2 Å². The van der Waals surface area contributed by atoms with Gasteiger partial charge in [-0.15, -0.1) is 0 Å². The predicted octanol–water partition coefficient (Wildman–Crippen LogP) is 3.00. The van der Waals surface area contributed by atoms with Crippen molar-refractivity contribution in [2.24, 2.45) is 0 Å². The number of hydrogen-bond acceptors (Lipinski definition) is 3. The number of rotatable bonds is 1.